The highest BCUT2D eigenvalue weighted by Gasteiger charge is 2.31. The van der Waals surface area contributed by atoms with Gasteiger partial charge in [0.2, 0.25) is 5.91 Å². The summed E-state index contributed by atoms with van der Waals surface area (Å²) in [5, 5.41) is 2.98. The van der Waals surface area contributed by atoms with Gasteiger partial charge in [-0.15, -0.1) is 0 Å². The molecule has 2 unspecified atom stereocenters. The predicted octanol–water partition coefficient (Wildman–Crippen LogP) is 2.79. The molecule has 1 amide bonds. The first-order valence-corrected chi connectivity index (χ1v) is 7.48. The molecule has 2 rings (SSSR count). The summed E-state index contributed by atoms with van der Waals surface area (Å²) in [5.41, 5.74) is 6.55. The Balaban J connectivity index is 1.90. The number of rotatable bonds is 6. The van der Waals surface area contributed by atoms with Gasteiger partial charge in [0.1, 0.15) is 5.75 Å². The monoisotopic (exact) mass is 276 g/mol. The molecule has 20 heavy (non-hydrogen) atoms. The minimum atomic E-state index is 0.0658. The van der Waals surface area contributed by atoms with E-state index in [-0.39, 0.29) is 11.8 Å². The summed E-state index contributed by atoms with van der Waals surface area (Å²) in [4.78, 5) is 12.2. The lowest BCUT2D eigenvalue weighted by Crippen LogP contribution is -2.29. The van der Waals surface area contributed by atoms with Crippen LogP contribution < -0.4 is 15.8 Å². The van der Waals surface area contributed by atoms with Gasteiger partial charge in [-0.3, -0.25) is 4.79 Å². The number of hydrogen-bond acceptors (Lipinski definition) is 3. The standard InChI is InChI=1S/C16H24N2O2/c1-2-10-20-14-8-6-13(7-9-14)18-16(19)15-5-3-4-12(15)11-17/h6-9,12,15H,2-5,10-11,17H2,1H3,(H,18,19). The van der Waals surface area contributed by atoms with Crippen LogP contribution in [-0.2, 0) is 4.79 Å². The minimum Gasteiger partial charge on any atom is -0.494 e. The molecule has 3 N–H and O–H groups in total. The summed E-state index contributed by atoms with van der Waals surface area (Å²) < 4.78 is 5.52. The van der Waals surface area contributed by atoms with E-state index in [4.69, 9.17) is 10.5 Å². The maximum Gasteiger partial charge on any atom is 0.227 e. The second kappa shape index (κ2) is 7.29. The smallest absolute Gasteiger partial charge is 0.227 e. The molecule has 0 aliphatic heterocycles. The lowest BCUT2D eigenvalue weighted by Gasteiger charge is -2.17. The molecular weight excluding hydrogens is 252 g/mol. The lowest BCUT2D eigenvalue weighted by molar-refractivity contribution is -0.120. The molecule has 4 heteroatoms. The number of nitrogens with one attached hydrogen (secondary N) is 1. The van der Waals surface area contributed by atoms with Crippen LogP contribution in [0.5, 0.6) is 5.75 Å². The number of benzene rings is 1. The van der Waals surface area contributed by atoms with E-state index in [1.54, 1.807) is 0 Å². The molecule has 1 aliphatic carbocycles. The summed E-state index contributed by atoms with van der Waals surface area (Å²) in [6.07, 6.45) is 4.11. The van der Waals surface area contributed by atoms with Crippen molar-refractivity contribution in [2.24, 2.45) is 17.6 Å². The zero-order valence-corrected chi connectivity index (χ0v) is 12.1. The SMILES string of the molecule is CCCOc1ccc(NC(=O)C2CCCC2CN)cc1. The topological polar surface area (TPSA) is 64.3 Å². The molecule has 1 aromatic rings. The van der Waals surface area contributed by atoms with E-state index in [9.17, 15) is 4.79 Å². The van der Waals surface area contributed by atoms with Crippen molar-refractivity contribution in [1.29, 1.82) is 0 Å². The molecule has 2 atom stereocenters. The zero-order chi connectivity index (χ0) is 14.4. The Kier molecular flexibility index (Phi) is 5.41. The molecule has 4 nitrogen and oxygen atoms in total. The Labute approximate surface area is 120 Å². The van der Waals surface area contributed by atoms with E-state index in [0.717, 1.165) is 37.1 Å². The number of anilines is 1. The average Bonchev–Trinajstić information content (AvgIpc) is 2.95. The van der Waals surface area contributed by atoms with E-state index >= 15 is 0 Å². The highest BCUT2D eigenvalue weighted by Crippen LogP contribution is 2.32. The fraction of sp³-hybridized carbons (Fsp3) is 0.562. The van der Waals surface area contributed by atoms with Gasteiger partial charge in [0.15, 0.2) is 0 Å². The van der Waals surface area contributed by atoms with Crippen molar-refractivity contribution in [3.8, 4) is 5.75 Å². The third-order valence-corrected chi connectivity index (χ3v) is 3.89. The Morgan fingerprint density at radius 1 is 1.35 bits per heavy atom. The number of carbonyl (C=O) groups is 1. The van der Waals surface area contributed by atoms with Crippen molar-refractivity contribution in [2.75, 3.05) is 18.5 Å². The molecular formula is C16H24N2O2. The molecule has 1 aliphatic rings. The van der Waals surface area contributed by atoms with Gasteiger partial charge in [-0.25, -0.2) is 0 Å². The van der Waals surface area contributed by atoms with Crippen molar-refractivity contribution < 1.29 is 9.53 Å². The van der Waals surface area contributed by atoms with Crippen LogP contribution in [0.15, 0.2) is 24.3 Å². The van der Waals surface area contributed by atoms with Gasteiger partial charge in [0, 0.05) is 11.6 Å². The Bertz CT molecular complexity index is 431. The van der Waals surface area contributed by atoms with E-state index in [0.29, 0.717) is 19.1 Å². The maximum absolute atomic E-state index is 12.2. The van der Waals surface area contributed by atoms with Gasteiger partial charge < -0.3 is 15.8 Å². The molecule has 110 valence electrons. The average molecular weight is 276 g/mol. The molecule has 0 saturated heterocycles. The number of ether oxygens (including phenoxy) is 1. The van der Waals surface area contributed by atoms with Crippen LogP contribution >= 0.6 is 0 Å². The number of amides is 1. The van der Waals surface area contributed by atoms with Gasteiger partial charge in [0.05, 0.1) is 6.61 Å². The van der Waals surface area contributed by atoms with Gasteiger partial charge in [-0.1, -0.05) is 13.3 Å². The molecule has 0 radical (unpaired) electrons. The van der Waals surface area contributed by atoms with Crippen LogP contribution in [0.25, 0.3) is 0 Å². The second-order valence-electron chi connectivity index (χ2n) is 5.40. The minimum absolute atomic E-state index is 0.0658. The van der Waals surface area contributed by atoms with Crippen LogP contribution in [0.2, 0.25) is 0 Å². The second-order valence-corrected chi connectivity index (χ2v) is 5.40. The quantitative estimate of drug-likeness (QED) is 0.839. The highest BCUT2D eigenvalue weighted by molar-refractivity contribution is 5.93. The van der Waals surface area contributed by atoms with Crippen molar-refractivity contribution in [2.45, 2.75) is 32.6 Å². The summed E-state index contributed by atoms with van der Waals surface area (Å²) in [6, 6.07) is 7.55. The van der Waals surface area contributed by atoms with Crippen LogP contribution in [0.4, 0.5) is 5.69 Å². The van der Waals surface area contributed by atoms with Crippen molar-refractivity contribution in [1.82, 2.24) is 0 Å². The normalized spacial score (nSPS) is 21.7. The van der Waals surface area contributed by atoms with Crippen LogP contribution in [0.1, 0.15) is 32.6 Å². The molecule has 0 bridgehead atoms. The first-order valence-electron chi connectivity index (χ1n) is 7.48. The molecule has 0 spiro atoms. The molecule has 1 saturated carbocycles. The largest absolute Gasteiger partial charge is 0.494 e. The van der Waals surface area contributed by atoms with Crippen molar-refractivity contribution >= 4 is 11.6 Å². The van der Waals surface area contributed by atoms with Crippen molar-refractivity contribution in [3.63, 3.8) is 0 Å². The van der Waals surface area contributed by atoms with E-state index in [1.807, 2.05) is 24.3 Å². The maximum atomic E-state index is 12.2. The molecule has 1 fully saturated rings. The van der Waals surface area contributed by atoms with Gasteiger partial charge in [-0.2, -0.15) is 0 Å². The number of carbonyl (C=O) groups excluding carboxylic acids is 1. The Morgan fingerprint density at radius 2 is 2.10 bits per heavy atom. The van der Waals surface area contributed by atoms with Crippen LogP contribution in [0, 0.1) is 11.8 Å². The van der Waals surface area contributed by atoms with Gasteiger partial charge in [0.25, 0.3) is 0 Å². The van der Waals surface area contributed by atoms with Crippen molar-refractivity contribution in [3.05, 3.63) is 24.3 Å². The summed E-state index contributed by atoms with van der Waals surface area (Å²) in [5.74, 6) is 1.34. The number of nitrogens with two attached hydrogens (primary N) is 1. The predicted molar refractivity (Wildman–Crippen MR) is 80.7 cm³/mol. The van der Waals surface area contributed by atoms with Crippen LogP contribution in [-0.4, -0.2) is 19.1 Å². The third-order valence-electron chi connectivity index (χ3n) is 3.89. The Morgan fingerprint density at radius 3 is 2.75 bits per heavy atom. The summed E-state index contributed by atoms with van der Waals surface area (Å²) >= 11 is 0. The fourth-order valence-electron chi connectivity index (χ4n) is 2.75. The fourth-order valence-corrected chi connectivity index (χ4v) is 2.75. The molecule has 0 aromatic heterocycles. The van der Waals surface area contributed by atoms with Gasteiger partial charge >= 0.3 is 0 Å². The van der Waals surface area contributed by atoms with Gasteiger partial charge in [-0.05, 0) is 56.0 Å². The zero-order valence-electron chi connectivity index (χ0n) is 12.1. The number of hydrogen-bond donors (Lipinski definition) is 2. The molecule has 0 heterocycles. The van der Waals surface area contributed by atoms with E-state index < -0.39 is 0 Å². The summed E-state index contributed by atoms with van der Waals surface area (Å²) in [6.45, 7) is 3.39. The lowest BCUT2D eigenvalue weighted by atomic mass is 9.95. The van der Waals surface area contributed by atoms with Crippen LogP contribution in [0.3, 0.4) is 0 Å². The van der Waals surface area contributed by atoms with E-state index in [2.05, 4.69) is 12.2 Å². The third kappa shape index (κ3) is 3.73. The summed E-state index contributed by atoms with van der Waals surface area (Å²) in [7, 11) is 0. The first kappa shape index (κ1) is 14.9. The highest BCUT2D eigenvalue weighted by atomic mass is 16.5. The molecule has 1 aromatic carbocycles. The first-order chi connectivity index (χ1) is 9.74. The van der Waals surface area contributed by atoms with E-state index in [1.165, 1.54) is 0 Å². The Hall–Kier alpha value is -1.55.